The molecule has 0 saturated carbocycles. The normalized spacial score (nSPS) is 10.5. The molecule has 0 unspecified atom stereocenters. The van der Waals surface area contributed by atoms with Gasteiger partial charge in [-0.3, -0.25) is 4.98 Å². The zero-order chi connectivity index (χ0) is 12.4. The molecule has 3 rings (SSSR count). The number of rotatable bonds is 2. The molecule has 1 aromatic carbocycles. The van der Waals surface area contributed by atoms with Gasteiger partial charge in [-0.1, -0.05) is 12.1 Å². The minimum atomic E-state index is 0.790. The van der Waals surface area contributed by atoms with Crippen LogP contribution in [0.4, 0.5) is 11.5 Å². The number of anilines is 2. The monoisotopic (exact) mass is 236 g/mol. The number of aryl methyl sites for hydroxylation is 1. The number of aromatic nitrogens is 3. The van der Waals surface area contributed by atoms with Crippen LogP contribution in [0.25, 0.3) is 10.9 Å². The summed E-state index contributed by atoms with van der Waals surface area (Å²) >= 11 is 0. The van der Waals surface area contributed by atoms with Crippen molar-refractivity contribution in [2.45, 2.75) is 6.92 Å². The summed E-state index contributed by atoms with van der Waals surface area (Å²) in [5.74, 6) is 0.790. The summed E-state index contributed by atoms with van der Waals surface area (Å²) < 4.78 is 0. The van der Waals surface area contributed by atoms with Gasteiger partial charge in [-0.05, 0) is 25.1 Å². The van der Waals surface area contributed by atoms with Gasteiger partial charge in [0.25, 0.3) is 0 Å². The van der Waals surface area contributed by atoms with E-state index in [9.17, 15) is 0 Å². The van der Waals surface area contributed by atoms with Crippen LogP contribution in [0.5, 0.6) is 0 Å². The minimum Gasteiger partial charge on any atom is -0.340 e. The predicted octanol–water partition coefficient (Wildman–Crippen LogP) is 3.08. The van der Waals surface area contributed by atoms with Crippen LogP contribution in [0.2, 0.25) is 0 Å². The van der Waals surface area contributed by atoms with E-state index >= 15 is 0 Å². The van der Waals surface area contributed by atoms with Crippen molar-refractivity contribution in [2.24, 2.45) is 0 Å². The summed E-state index contributed by atoms with van der Waals surface area (Å²) in [5.41, 5.74) is 2.87. The average Bonchev–Trinajstić information content (AvgIpc) is 2.39. The van der Waals surface area contributed by atoms with E-state index in [4.69, 9.17) is 0 Å². The quantitative estimate of drug-likeness (QED) is 0.742. The SMILES string of the molecule is Cc1cc(Nc2ccc3cccnc3c2)ncn1. The molecule has 0 aliphatic carbocycles. The third kappa shape index (κ3) is 2.13. The van der Waals surface area contributed by atoms with E-state index in [0.29, 0.717) is 0 Å². The molecule has 3 aromatic rings. The van der Waals surface area contributed by atoms with Gasteiger partial charge >= 0.3 is 0 Å². The first-order valence-corrected chi connectivity index (χ1v) is 5.72. The molecule has 0 amide bonds. The summed E-state index contributed by atoms with van der Waals surface area (Å²) in [5, 5.41) is 4.37. The van der Waals surface area contributed by atoms with Crippen molar-refractivity contribution in [3.05, 3.63) is 54.6 Å². The van der Waals surface area contributed by atoms with E-state index in [1.54, 1.807) is 12.5 Å². The summed E-state index contributed by atoms with van der Waals surface area (Å²) in [6.45, 7) is 1.94. The van der Waals surface area contributed by atoms with Crippen molar-refractivity contribution in [3.8, 4) is 0 Å². The van der Waals surface area contributed by atoms with E-state index in [2.05, 4.69) is 20.3 Å². The lowest BCUT2D eigenvalue weighted by Crippen LogP contribution is -1.95. The molecular formula is C14H12N4. The maximum Gasteiger partial charge on any atom is 0.133 e. The number of pyridine rings is 1. The van der Waals surface area contributed by atoms with Gasteiger partial charge in [-0.15, -0.1) is 0 Å². The fourth-order valence-electron chi connectivity index (χ4n) is 1.81. The second-order valence-electron chi connectivity index (χ2n) is 4.08. The van der Waals surface area contributed by atoms with Crippen LogP contribution in [0.1, 0.15) is 5.69 Å². The number of nitrogens with zero attached hydrogens (tertiary/aromatic N) is 3. The number of benzene rings is 1. The molecule has 2 heterocycles. The van der Waals surface area contributed by atoms with Crippen molar-refractivity contribution >= 4 is 22.4 Å². The topological polar surface area (TPSA) is 50.7 Å². The number of nitrogens with one attached hydrogen (secondary N) is 1. The van der Waals surface area contributed by atoms with Gasteiger partial charge in [-0.25, -0.2) is 9.97 Å². The summed E-state index contributed by atoms with van der Waals surface area (Å²) in [6.07, 6.45) is 3.35. The predicted molar refractivity (Wildman–Crippen MR) is 71.8 cm³/mol. The second-order valence-corrected chi connectivity index (χ2v) is 4.08. The zero-order valence-corrected chi connectivity index (χ0v) is 9.96. The molecule has 0 saturated heterocycles. The first kappa shape index (κ1) is 10.7. The summed E-state index contributed by atoms with van der Waals surface area (Å²) in [6, 6.07) is 11.9. The van der Waals surface area contributed by atoms with Crippen LogP contribution in [-0.2, 0) is 0 Å². The Kier molecular flexibility index (Phi) is 2.61. The molecule has 4 heteroatoms. The molecule has 0 bridgehead atoms. The Labute approximate surface area is 105 Å². The van der Waals surface area contributed by atoms with Crippen LogP contribution < -0.4 is 5.32 Å². The van der Waals surface area contributed by atoms with Crippen LogP contribution in [0.3, 0.4) is 0 Å². The minimum absolute atomic E-state index is 0.790. The maximum absolute atomic E-state index is 4.33. The highest BCUT2D eigenvalue weighted by molar-refractivity contribution is 5.82. The molecule has 0 aliphatic rings. The summed E-state index contributed by atoms with van der Waals surface area (Å²) in [7, 11) is 0. The number of fused-ring (bicyclic) bond motifs is 1. The zero-order valence-electron chi connectivity index (χ0n) is 9.96. The Bertz CT molecular complexity index is 694. The number of hydrogen-bond acceptors (Lipinski definition) is 4. The Balaban J connectivity index is 1.95. The molecule has 0 spiro atoms. The van der Waals surface area contributed by atoms with Gasteiger partial charge in [0.1, 0.15) is 12.1 Å². The third-order valence-corrected chi connectivity index (χ3v) is 2.68. The Morgan fingerprint density at radius 2 is 1.94 bits per heavy atom. The molecule has 18 heavy (non-hydrogen) atoms. The van der Waals surface area contributed by atoms with Crippen molar-refractivity contribution in [1.29, 1.82) is 0 Å². The first-order chi connectivity index (χ1) is 8.81. The number of hydrogen-bond donors (Lipinski definition) is 1. The highest BCUT2D eigenvalue weighted by atomic mass is 15.0. The van der Waals surface area contributed by atoms with Gasteiger partial charge in [0, 0.05) is 29.0 Å². The smallest absolute Gasteiger partial charge is 0.133 e. The molecule has 1 N–H and O–H groups in total. The van der Waals surface area contributed by atoms with Crippen LogP contribution in [0.15, 0.2) is 48.9 Å². The molecule has 0 atom stereocenters. The standard InChI is InChI=1S/C14H12N4/c1-10-7-14(17-9-16-10)18-12-5-4-11-3-2-6-15-13(11)8-12/h2-9H,1H3,(H,16,17,18). The molecule has 2 aromatic heterocycles. The van der Waals surface area contributed by atoms with Gasteiger partial charge in [-0.2, -0.15) is 0 Å². The van der Waals surface area contributed by atoms with Crippen LogP contribution in [0, 0.1) is 6.92 Å². The van der Waals surface area contributed by atoms with Crippen molar-refractivity contribution in [1.82, 2.24) is 15.0 Å². The van der Waals surface area contributed by atoms with E-state index in [-0.39, 0.29) is 0 Å². The highest BCUT2D eigenvalue weighted by Gasteiger charge is 1.99. The Hall–Kier alpha value is -2.49. The van der Waals surface area contributed by atoms with E-state index in [1.165, 1.54) is 0 Å². The fraction of sp³-hybridized carbons (Fsp3) is 0.0714. The molecule has 4 nitrogen and oxygen atoms in total. The molecule has 0 aliphatic heterocycles. The van der Waals surface area contributed by atoms with Crippen LogP contribution in [-0.4, -0.2) is 15.0 Å². The van der Waals surface area contributed by atoms with E-state index < -0.39 is 0 Å². The largest absolute Gasteiger partial charge is 0.340 e. The Morgan fingerprint density at radius 1 is 1.00 bits per heavy atom. The van der Waals surface area contributed by atoms with Crippen molar-refractivity contribution < 1.29 is 0 Å². The second kappa shape index (κ2) is 4.41. The lowest BCUT2D eigenvalue weighted by molar-refractivity contribution is 1.10. The first-order valence-electron chi connectivity index (χ1n) is 5.72. The van der Waals surface area contributed by atoms with Gasteiger partial charge in [0.05, 0.1) is 5.52 Å². The lowest BCUT2D eigenvalue weighted by Gasteiger charge is -2.06. The maximum atomic E-state index is 4.33. The van der Waals surface area contributed by atoms with Crippen LogP contribution >= 0.6 is 0 Å². The highest BCUT2D eigenvalue weighted by Crippen LogP contribution is 2.19. The lowest BCUT2D eigenvalue weighted by atomic mass is 10.2. The average molecular weight is 236 g/mol. The molecule has 88 valence electrons. The summed E-state index contributed by atoms with van der Waals surface area (Å²) in [4.78, 5) is 12.6. The van der Waals surface area contributed by atoms with Crippen molar-refractivity contribution in [3.63, 3.8) is 0 Å². The van der Waals surface area contributed by atoms with Gasteiger partial charge in [0.2, 0.25) is 0 Å². The fourth-order valence-corrected chi connectivity index (χ4v) is 1.81. The molecule has 0 radical (unpaired) electrons. The van der Waals surface area contributed by atoms with E-state index in [0.717, 1.165) is 28.1 Å². The van der Waals surface area contributed by atoms with E-state index in [1.807, 2.05) is 43.3 Å². The third-order valence-electron chi connectivity index (χ3n) is 2.68. The Morgan fingerprint density at radius 3 is 2.83 bits per heavy atom. The van der Waals surface area contributed by atoms with Gasteiger partial charge in [0.15, 0.2) is 0 Å². The molecular weight excluding hydrogens is 224 g/mol. The molecule has 0 fully saturated rings. The van der Waals surface area contributed by atoms with Gasteiger partial charge < -0.3 is 5.32 Å². The van der Waals surface area contributed by atoms with Crippen molar-refractivity contribution in [2.75, 3.05) is 5.32 Å².